The topological polar surface area (TPSA) is 94.6 Å². The van der Waals surface area contributed by atoms with Crippen LogP contribution < -0.4 is 11.3 Å². The molecule has 0 radical (unpaired) electrons. The van der Waals surface area contributed by atoms with Gasteiger partial charge in [0.1, 0.15) is 11.4 Å². The fourth-order valence-corrected chi connectivity index (χ4v) is 4.55. The number of hydrogen-bond acceptors (Lipinski definition) is 5. The number of carbonyl (C=O) groups excluding carboxylic acids is 2. The first kappa shape index (κ1) is 41.7. The normalized spacial score (nSPS) is 12.2. The molecule has 0 aliphatic carbocycles. The van der Waals surface area contributed by atoms with Gasteiger partial charge < -0.3 is 24.7 Å². The first-order valence-corrected chi connectivity index (χ1v) is 15.2. The van der Waals surface area contributed by atoms with Crippen LogP contribution in [0.2, 0.25) is 0 Å². The van der Waals surface area contributed by atoms with Crippen LogP contribution in [0.15, 0.2) is 65.4 Å². The van der Waals surface area contributed by atoms with E-state index in [0.717, 1.165) is 52.8 Å². The number of benzene rings is 1. The Hall–Kier alpha value is -3.26. The minimum Gasteiger partial charge on any atom is -0.466 e. The fraction of sp³-hybridized carbons (Fsp3) is 0.472. The third kappa shape index (κ3) is 16.0. The van der Waals surface area contributed by atoms with Gasteiger partial charge in [-0.15, -0.1) is 11.6 Å². The van der Waals surface area contributed by atoms with Gasteiger partial charge in [0, 0.05) is 23.5 Å². The molecule has 1 aromatic heterocycles. The van der Waals surface area contributed by atoms with E-state index in [1.807, 2.05) is 59.1 Å². The van der Waals surface area contributed by atoms with Crippen molar-refractivity contribution in [3.05, 3.63) is 99.3 Å². The molecule has 45 heavy (non-hydrogen) atoms. The molecule has 0 aliphatic heterocycles. The van der Waals surface area contributed by atoms with Crippen LogP contribution in [-0.2, 0) is 37.8 Å². The van der Waals surface area contributed by atoms with Gasteiger partial charge in [0.2, 0.25) is 5.91 Å². The number of nitrogens with two attached hydrogens (primary N) is 1. The van der Waals surface area contributed by atoms with E-state index in [-0.39, 0.29) is 47.3 Å². The van der Waals surface area contributed by atoms with Crippen LogP contribution in [0.1, 0.15) is 81.7 Å². The van der Waals surface area contributed by atoms with Crippen molar-refractivity contribution in [1.82, 2.24) is 9.47 Å². The van der Waals surface area contributed by atoms with Crippen molar-refractivity contribution >= 4 is 17.4 Å². The summed E-state index contributed by atoms with van der Waals surface area (Å²) in [6, 6.07) is 9.78. The standard InChI is InChI=1S/C20H25FO2.C16H26N3O2.Fe/c1-6-23-19(22)11-10-18(21)13-17(12-14(2)3)20-15(4)8-7-9-16(20)5;1-12(2)5-7-14(16(17)21)19-11-13(6-8-15(19)20)9-10-18(3)4;/h7-9,12-13H,2,6,10-11H2,1,3-5H3;8,11-12,14H,5,7,9-10H2,1-4H3,(H2,17,21);/q;-1;/b17-12+,18-13-;;. The third-order valence-corrected chi connectivity index (χ3v) is 6.80. The van der Waals surface area contributed by atoms with Crippen LogP contribution in [-0.4, -0.2) is 48.6 Å². The average molecular weight is 665 g/mol. The summed E-state index contributed by atoms with van der Waals surface area (Å²) >= 11 is 0. The van der Waals surface area contributed by atoms with Gasteiger partial charge in [-0.25, -0.2) is 4.39 Å². The van der Waals surface area contributed by atoms with Crippen LogP contribution in [0.3, 0.4) is 0 Å². The van der Waals surface area contributed by atoms with E-state index < -0.39 is 11.9 Å². The smallest absolute Gasteiger partial charge is 0.306 e. The molecule has 0 bridgehead atoms. The number of amides is 1. The number of ether oxygens (including phenoxy) is 1. The molecule has 9 heteroatoms. The molecule has 7 nitrogen and oxygen atoms in total. The van der Waals surface area contributed by atoms with Crippen molar-refractivity contribution in [1.29, 1.82) is 0 Å². The second-order valence-corrected chi connectivity index (χ2v) is 11.7. The molecule has 250 valence electrons. The molecule has 1 atom stereocenters. The van der Waals surface area contributed by atoms with Crippen molar-refractivity contribution in [3.8, 4) is 0 Å². The van der Waals surface area contributed by atoms with Crippen molar-refractivity contribution < 1.29 is 35.8 Å². The molecule has 2 aromatic rings. The summed E-state index contributed by atoms with van der Waals surface area (Å²) in [7, 11) is 3.98. The number of primary amides is 1. The van der Waals surface area contributed by atoms with Crippen LogP contribution in [0.5, 0.6) is 0 Å². The summed E-state index contributed by atoms with van der Waals surface area (Å²) in [5.41, 5.74) is 10.9. The van der Waals surface area contributed by atoms with E-state index in [4.69, 9.17) is 10.5 Å². The Morgan fingerprint density at radius 1 is 1.13 bits per heavy atom. The predicted molar refractivity (Wildman–Crippen MR) is 178 cm³/mol. The largest absolute Gasteiger partial charge is 0.466 e. The van der Waals surface area contributed by atoms with E-state index in [2.05, 4.69) is 31.4 Å². The molecule has 0 spiro atoms. The maximum absolute atomic E-state index is 14.2. The Labute approximate surface area is 279 Å². The number of pyridine rings is 1. The van der Waals surface area contributed by atoms with Gasteiger partial charge >= 0.3 is 5.97 Å². The quantitative estimate of drug-likeness (QED) is 0.0994. The molecule has 1 unspecified atom stereocenters. The summed E-state index contributed by atoms with van der Waals surface area (Å²) in [6.07, 6.45) is 7.38. The van der Waals surface area contributed by atoms with E-state index in [9.17, 15) is 18.8 Å². The van der Waals surface area contributed by atoms with Crippen molar-refractivity contribution in [3.63, 3.8) is 0 Å². The van der Waals surface area contributed by atoms with E-state index >= 15 is 0 Å². The molecule has 2 N–H and O–H groups in total. The number of allylic oxidation sites excluding steroid dienone is 5. The Balaban J connectivity index is 0.000000845. The summed E-state index contributed by atoms with van der Waals surface area (Å²) in [6.45, 7) is 16.8. The Bertz CT molecular complexity index is 1360. The molecule has 0 saturated heterocycles. The molecular weight excluding hydrogens is 613 g/mol. The maximum Gasteiger partial charge on any atom is 0.306 e. The first-order chi connectivity index (χ1) is 20.7. The van der Waals surface area contributed by atoms with Gasteiger partial charge in [0.15, 0.2) is 0 Å². The summed E-state index contributed by atoms with van der Waals surface area (Å²) in [5, 5.41) is 0. The van der Waals surface area contributed by atoms with Gasteiger partial charge in [-0.3, -0.25) is 9.59 Å². The van der Waals surface area contributed by atoms with Crippen LogP contribution in [0, 0.1) is 25.8 Å². The Kier molecular flexibility index (Phi) is 19.9. The number of halogens is 1. The number of aromatic nitrogens is 1. The Morgan fingerprint density at radius 3 is 2.27 bits per heavy atom. The van der Waals surface area contributed by atoms with Crippen molar-refractivity contribution in [2.45, 2.75) is 79.7 Å². The molecule has 1 heterocycles. The molecule has 1 amide bonds. The second kappa shape index (κ2) is 21.5. The molecule has 0 aliphatic rings. The van der Waals surface area contributed by atoms with E-state index in [1.165, 1.54) is 16.7 Å². The molecule has 2 rings (SSSR count). The van der Waals surface area contributed by atoms with Gasteiger partial charge in [-0.05, 0) is 102 Å². The van der Waals surface area contributed by atoms with Crippen LogP contribution in [0.4, 0.5) is 4.39 Å². The molecule has 1 aromatic carbocycles. The van der Waals surface area contributed by atoms with E-state index in [0.29, 0.717) is 18.9 Å². The number of carbonyl (C=O) groups is 2. The van der Waals surface area contributed by atoms with Gasteiger partial charge in [-0.1, -0.05) is 56.5 Å². The zero-order valence-electron chi connectivity index (χ0n) is 28.2. The van der Waals surface area contributed by atoms with Gasteiger partial charge in [0.05, 0.1) is 19.1 Å². The molecule has 0 saturated carbocycles. The predicted octanol–water partition coefficient (Wildman–Crippen LogP) is 6.67. The Morgan fingerprint density at radius 2 is 1.76 bits per heavy atom. The second-order valence-electron chi connectivity index (χ2n) is 11.7. The average Bonchev–Trinajstić information content (AvgIpc) is 2.92. The fourth-order valence-electron chi connectivity index (χ4n) is 4.55. The van der Waals surface area contributed by atoms with Crippen LogP contribution >= 0.6 is 0 Å². The molecule has 0 fully saturated rings. The van der Waals surface area contributed by atoms with Gasteiger partial charge in [-0.2, -0.15) is 6.07 Å². The number of likely N-dealkylation sites (N-methyl/N-ethyl adjacent to an activating group) is 1. The zero-order valence-corrected chi connectivity index (χ0v) is 29.3. The first-order valence-electron chi connectivity index (χ1n) is 15.2. The van der Waals surface area contributed by atoms with E-state index in [1.54, 1.807) is 13.1 Å². The summed E-state index contributed by atoms with van der Waals surface area (Å²) in [5.74, 6) is -0.713. The maximum atomic E-state index is 14.2. The minimum atomic E-state index is -0.576. The molecular formula is C36H51FFeN3O4-. The van der Waals surface area contributed by atoms with Crippen LogP contribution in [0.25, 0.3) is 5.57 Å². The number of nitrogens with zero attached hydrogens (tertiary/aromatic N) is 2. The zero-order chi connectivity index (χ0) is 33.4. The van der Waals surface area contributed by atoms with Gasteiger partial charge in [0.25, 0.3) is 0 Å². The monoisotopic (exact) mass is 664 g/mol. The van der Waals surface area contributed by atoms with Crippen molar-refractivity contribution in [2.24, 2.45) is 11.7 Å². The number of hydrogen-bond donors (Lipinski definition) is 1. The third-order valence-electron chi connectivity index (χ3n) is 6.80. The minimum absolute atomic E-state index is 0. The SMILES string of the molecule is C=C(C)/C=C(\C=C(/F)CCC(=O)OCC)c1c(C)cccc1C.CC(C)CCC(C(N)=O)n1cc(CCN(C)C)[c-]cc1=O.[Fe]. The summed E-state index contributed by atoms with van der Waals surface area (Å²) < 4.78 is 20.5. The number of aryl methyl sites for hydroxylation is 2. The summed E-state index contributed by atoms with van der Waals surface area (Å²) in [4.78, 5) is 37.1. The number of rotatable bonds is 15. The number of esters is 1. The van der Waals surface area contributed by atoms with Crippen molar-refractivity contribution in [2.75, 3.05) is 27.2 Å².